The number of nitrogens with two attached hydrogens (primary N) is 1. The summed E-state index contributed by atoms with van der Waals surface area (Å²) >= 11 is 0. The molecule has 3 N–H and O–H groups in total. The normalized spacial score (nSPS) is 15.8. The van der Waals surface area contributed by atoms with Gasteiger partial charge in [0.2, 0.25) is 5.91 Å². The highest BCUT2D eigenvalue weighted by atomic mass is 16.2. The number of nitrogens with zero attached hydrogens (tertiary/aromatic N) is 1. The van der Waals surface area contributed by atoms with E-state index in [1.807, 2.05) is 20.8 Å². The van der Waals surface area contributed by atoms with Crippen LogP contribution in [0.1, 0.15) is 48.0 Å². The highest BCUT2D eigenvalue weighted by Gasteiger charge is 2.29. The van der Waals surface area contributed by atoms with Gasteiger partial charge in [0.1, 0.15) is 0 Å². The summed E-state index contributed by atoms with van der Waals surface area (Å²) in [7, 11) is 0. The Morgan fingerprint density at radius 2 is 1.76 bits per heavy atom. The van der Waals surface area contributed by atoms with Gasteiger partial charge in [-0.05, 0) is 40.7 Å². The van der Waals surface area contributed by atoms with Crippen LogP contribution in [0, 0.1) is 0 Å². The molecule has 0 aromatic rings. The number of hydrogen-bond acceptors (Lipinski definition) is 3. The maximum atomic E-state index is 11.9. The maximum Gasteiger partial charge on any atom is 0.234 e. The molecule has 0 aliphatic carbocycles. The Bertz CT molecular complexity index is 242. The Hall–Kier alpha value is -0.610. The van der Waals surface area contributed by atoms with Gasteiger partial charge in [-0.25, -0.2) is 0 Å². The largest absolute Gasteiger partial charge is 0.350 e. The molecular weight excluding hydrogens is 214 g/mol. The van der Waals surface area contributed by atoms with Crippen LogP contribution in [0.3, 0.4) is 0 Å². The number of hydrogen-bond donors (Lipinski definition) is 2. The molecule has 0 heterocycles. The molecule has 0 saturated heterocycles. The molecule has 4 nitrogen and oxygen atoms in total. The standard InChI is InChI=1S/C13H29N3O/c1-7-13(6,10-14)16(8-2)9-11(17)15-12(3,4)5/h7-10,14H2,1-6H3,(H,15,17). The summed E-state index contributed by atoms with van der Waals surface area (Å²) in [5.74, 6) is 0.0625. The number of likely N-dealkylation sites (N-methyl/N-ethyl adjacent to an activating group) is 1. The third kappa shape index (κ3) is 5.50. The second-order valence-electron chi connectivity index (χ2n) is 5.87. The molecule has 0 saturated carbocycles. The second kappa shape index (κ2) is 6.36. The van der Waals surface area contributed by atoms with Gasteiger partial charge in [0, 0.05) is 17.6 Å². The van der Waals surface area contributed by atoms with Crippen LogP contribution < -0.4 is 11.1 Å². The molecule has 0 aliphatic heterocycles. The van der Waals surface area contributed by atoms with Crippen molar-refractivity contribution >= 4 is 5.91 Å². The first-order chi connectivity index (χ1) is 7.68. The number of carbonyl (C=O) groups is 1. The molecule has 0 fully saturated rings. The quantitative estimate of drug-likeness (QED) is 0.740. The third-order valence-corrected chi connectivity index (χ3v) is 3.20. The van der Waals surface area contributed by atoms with Crippen LogP contribution >= 0.6 is 0 Å². The lowest BCUT2D eigenvalue weighted by Gasteiger charge is -2.39. The fraction of sp³-hybridized carbons (Fsp3) is 0.923. The highest BCUT2D eigenvalue weighted by Crippen LogP contribution is 2.17. The first-order valence-corrected chi connectivity index (χ1v) is 6.44. The smallest absolute Gasteiger partial charge is 0.234 e. The van der Waals surface area contributed by atoms with Crippen molar-refractivity contribution in [3.63, 3.8) is 0 Å². The van der Waals surface area contributed by atoms with Crippen LogP contribution in [0.4, 0.5) is 0 Å². The van der Waals surface area contributed by atoms with Crippen molar-refractivity contribution < 1.29 is 4.79 Å². The zero-order chi connectivity index (χ0) is 13.7. The van der Waals surface area contributed by atoms with Crippen LogP contribution in [-0.2, 0) is 4.79 Å². The first-order valence-electron chi connectivity index (χ1n) is 6.44. The minimum atomic E-state index is -0.179. The van der Waals surface area contributed by atoms with Crippen molar-refractivity contribution in [1.82, 2.24) is 10.2 Å². The summed E-state index contributed by atoms with van der Waals surface area (Å²) < 4.78 is 0. The van der Waals surface area contributed by atoms with Crippen molar-refractivity contribution in [1.29, 1.82) is 0 Å². The molecule has 1 unspecified atom stereocenters. The van der Waals surface area contributed by atoms with E-state index >= 15 is 0 Å². The Balaban J connectivity index is 4.55. The van der Waals surface area contributed by atoms with Gasteiger partial charge in [-0.2, -0.15) is 0 Å². The van der Waals surface area contributed by atoms with E-state index in [2.05, 4.69) is 31.0 Å². The first kappa shape index (κ1) is 16.4. The van der Waals surface area contributed by atoms with E-state index < -0.39 is 0 Å². The molecule has 0 spiro atoms. The molecule has 0 aliphatic rings. The van der Waals surface area contributed by atoms with Crippen molar-refractivity contribution in [3.8, 4) is 0 Å². The molecule has 1 amide bonds. The average molecular weight is 243 g/mol. The zero-order valence-corrected chi connectivity index (χ0v) is 12.3. The number of carbonyl (C=O) groups excluding carboxylic acids is 1. The predicted molar refractivity (Wildman–Crippen MR) is 72.9 cm³/mol. The zero-order valence-electron chi connectivity index (χ0n) is 12.3. The molecule has 102 valence electrons. The van der Waals surface area contributed by atoms with Crippen molar-refractivity contribution in [2.45, 2.75) is 59.0 Å². The van der Waals surface area contributed by atoms with Gasteiger partial charge in [0.15, 0.2) is 0 Å². The van der Waals surface area contributed by atoms with Crippen LogP contribution in [0.25, 0.3) is 0 Å². The summed E-state index contributed by atoms with van der Waals surface area (Å²) in [6.45, 7) is 14.1. The Morgan fingerprint density at radius 3 is 2.06 bits per heavy atom. The predicted octanol–water partition coefficient (Wildman–Crippen LogP) is 1.35. The third-order valence-electron chi connectivity index (χ3n) is 3.20. The molecule has 0 bridgehead atoms. The molecule has 1 atom stereocenters. The van der Waals surface area contributed by atoms with Crippen molar-refractivity contribution in [3.05, 3.63) is 0 Å². The van der Waals surface area contributed by atoms with Gasteiger partial charge in [-0.15, -0.1) is 0 Å². The Labute approximate surface area is 106 Å². The van der Waals surface area contributed by atoms with E-state index in [0.717, 1.165) is 13.0 Å². The summed E-state index contributed by atoms with van der Waals surface area (Å²) in [6, 6.07) is 0. The van der Waals surface area contributed by atoms with Crippen molar-refractivity contribution in [2.75, 3.05) is 19.6 Å². The van der Waals surface area contributed by atoms with Gasteiger partial charge in [-0.3, -0.25) is 9.69 Å². The Morgan fingerprint density at radius 1 is 1.24 bits per heavy atom. The fourth-order valence-electron chi connectivity index (χ4n) is 1.81. The lowest BCUT2D eigenvalue weighted by Crippen LogP contribution is -2.55. The highest BCUT2D eigenvalue weighted by molar-refractivity contribution is 5.78. The molecule has 4 heteroatoms. The fourth-order valence-corrected chi connectivity index (χ4v) is 1.81. The van der Waals surface area contributed by atoms with E-state index in [1.165, 1.54) is 0 Å². The molecule has 0 aromatic heterocycles. The Kier molecular flexibility index (Phi) is 6.13. The van der Waals surface area contributed by atoms with E-state index in [1.54, 1.807) is 0 Å². The van der Waals surface area contributed by atoms with Gasteiger partial charge < -0.3 is 11.1 Å². The number of amides is 1. The molecule has 17 heavy (non-hydrogen) atoms. The lowest BCUT2D eigenvalue weighted by molar-refractivity contribution is -0.125. The second-order valence-corrected chi connectivity index (χ2v) is 5.87. The van der Waals surface area contributed by atoms with E-state index in [-0.39, 0.29) is 17.0 Å². The topological polar surface area (TPSA) is 58.4 Å². The maximum absolute atomic E-state index is 11.9. The lowest BCUT2D eigenvalue weighted by atomic mass is 9.96. The van der Waals surface area contributed by atoms with Gasteiger partial charge in [0.05, 0.1) is 6.54 Å². The van der Waals surface area contributed by atoms with Crippen LogP contribution in [0.2, 0.25) is 0 Å². The molecule has 0 radical (unpaired) electrons. The minimum Gasteiger partial charge on any atom is -0.350 e. The van der Waals surface area contributed by atoms with E-state index in [0.29, 0.717) is 13.1 Å². The summed E-state index contributed by atoms with van der Waals surface area (Å²) in [5.41, 5.74) is 5.55. The molecule has 0 rings (SSSR count). The summed E-state index contributed by atoms with van der Waals surface area (Å²) in [6.07, 6.45) is 0.945. The van der Waals surface area contributed by atoms with Crippen LogP contribution in [-0.4, -0.2) is 41.5 Å². The van der Waals surface area contributed by atoms with Gasteiger partial charge >= 0.3 is 0 Å². The number of rotatable bonds is 6. The van der Waals surface area contributed by atoms with E-state index in [4.69, 9.17) is 5.73 Å². The molecule has 0 aromatic carbocycles. The van der Waals surface area contributed by atoms with Gasteiger partial charge in [-0.1, -0.05) is 13.8 Å². The SMILES string of the molecule is CCN(CC(=O)NC(C)(C)C)C(C)(CC)CN. The number of nitrogens with one attached hydrogen (secondary N) is 1. The van der Waals surface area contributed by atoms with Crippen molar-refractivity contribution in [2.24, 2.45) is 5.73 Å². The summed E-state index contributed by atoms with van der Waals surface area (Å²) in [4.78, 5) is 14.1. The van der Waals surface area contributed by atoms with Crippen LogP contribution in [0.15, 0.2) is 0 Å². The summed E-state index contributed by atoms with van der Waals surface area (Å²) in [5, 5.41) is 2.98. The molecular formula is C13H29N3O. The monoisotopic (exact) mass is 243 g/mol. The average Bonchev–Trinajstić information content (AvgIpc) is 2.22. The van der Waals surface area contributed by atoms with Crippen LogP contribution in [0.5, 0.6) is 0 Å². The minimum absolute atomic E-state index is 0.0625. The van der Waals surface area contributed by atoms with Gasteiger partial charge in [0.25, 0.3) is 0 Å². The van der Waals surface area contributed by atoms with E-state index in [9.17, 15) is 4.79 Å².